The Hall–Kier alpha value is -5.14. The molecule has 0 unspecified atom stereocenters. The van der Waals surface area contributed by atoms with Gasteiger partial charge in [0, 0.05) is 35.8 Å². The van der Waals surface area contributed by atoms with Gasteiger partial charge in [-0.2, -0.15) is 5.26 Å². The minimum Gasteiger partial charge on any atom is -0.438 e. The Labute approximate surface area is 241 Å². The molecule has 0 spiro atoms. The maximum atomic E-state index is 13.1. The molecule has 0 saturated heterocycles. The Kier molecular flexibility index (Phi) is 8.27. The van der Waals surface area contributed by atoms with E-state index in [0.717, 1.165) is 16.7 Å². The standard InChI is InChI=1S/C31H26N6O3S/c1-3-37-29(23-15-10-16-24(17-23)33-20(2)38)35-36-31(37)41-19-26(39)34-30-25(18-32)27(21-11-6-4-7-12-21)28(40-30)22-13-8-5-9-14-22/h4-17H,3,19H2,1-2H3,(H,33,38)(H,34,39). The highest BCUT2D eigenvalue weighted by Crippen LogP contribution is 2.41. The molecule has 41 heavy (non-hydrogen) atoms. The van der Waals surface area contributed by atoms with E-state index in [9.17, 15) is 14.9 Å². The Morgan fingerprint density at radius 3 is 2.27 bits per heavy atom. The SMILES string of the molecule is CCn1c(SCC(=O)Nc2oc(-c3ccccc3)c(-c3ccccc3)c2C#N)nnc1-c1cccc(NC(C)=O)c1. The number of nitrogens with zero attached hydrogens (tertiary/aromatic N) is 4. The number of hydrogen-bond donors (Lipinski definition) is 2. The van der Waals surface area contributed by atoms with Gasteiger partial charge in [0.2, 0.25) is 17.7 Å². The number of anilines is 2. The van der Waals surface area contributed by atoms with Crippen LogP contribution in [0.2, 0.25) is 0 Å². The summed E-state index contributed by atoms with van der Waals surface area (Å²) in [6, 6.07) is 28.5. The topological polar surface area (TPSA) is 126 Å². The number of thioether (sulfide) groups is 1. The minimum atomic E-state index is -0.348. The molecule has 204 valence electrons. The van der Waals surface area contributed by atoms with E-state index >= 15 is 0 Å². The van der Waals surface area contributed by atoms with E-state index in [0.29, 0.717) is 34.5 Å². The zero-order chi connectivity index (χ0) is 28.8. The second kappa shape index (κ2) is 12.4. The van der Waals surface area contributed by atoms with Gasteiger partial charge in [-0.1, -0.05) is 84.6 Å². The minimum absolute atomic E-state index is 0.0248. The van der Waals surface area contributed by atoms with Gasteiger partial charge < -0.3 is 14.3 Å². The van der Waals surface area contributed by atoms with Crippen LogP contribution in [0.4, 0.5) is 11.6 Å². The van der Waals surface area contributed by atoms with Crippen LogP contribution in [-0.4, -0.2) is 32.3 Å². The summed E-state index contributed by atoms with van der Waals surface area (Å²) < 4.78 is 8.02. The van der Waals surface area contributed by atoms with Gasteiger partial charge in [-0.05, 0) is 24.6 Å². The summed E-state index contributed by atoms with van der Waals surface area (Å²) in [4.78, 5) is 24.5. The molecule has 2 N–H and O–H groups in total. The fraction of sp³-hybridized carbons (Fsp3) is 0.129. The molecule has 9 nitrogen and oxygen atoms in total. The molecular weight excluding hydrogens is 536 g/mol. The first-order valence-corrected chi connectivity index (χ1v) is 13.9. The zero-order valence-electron chi connectivity index (χ0n) is 22.4. The third-order valence-electron chi connectivity index (χ3n) is 6.18. The first-order chi connectivity index (χ1) is 20.0. The summed E-state index contributed by atoms with van der Waals surface area (Å²) in [6.07, 6.45) is 0. The van der Waals surface area contributed by atoms with Crippen molar-refractivity contribution in [1.29, 1.82) is 5.26 Å². The molecular formula is C31H26N6O3S. The maximum absolute atomic E-state index is 13.1. The number of amides is 2. The van der Waals surface area contributed by atoms with E-state index in [1.807, 2.05) is 90.4 Å². The molecule has 5 rings (SSSR count). The van der Waals surface area contributed by atoms with E-state index in [1.165, 1.54) is 18.7 Å². The average molecular weight is 563 g/mol. The molecule has 0 aliphatic carbocycles. The Balaban J connectivity index is 1.37. The number of nitriles is 1. The van der Waals surface area contributed by atoms with Crippen molar-refractivity contribution in [2.75, 3.05) is 16.4 Å². The molecule has 5 aromatic rings. The highest BCUT2D eigenvalue weighted by molar-refractivity contribution is 7.99. The van der Waals surface area contributed by atoms with Gasteiger partial charge >= 0.3 is 0 Å². The van der Waals surface area contributed by atoms with E-state index < -0.39 is 0 Å². The third kappa shape index (κ3) is 6.05. The molecule has 0 aliphatic heterocycles. The van der Waals surface area contributed by atoms with Crippen LogP contribution in [0.15, 0.2) is 94.5 Å². The average Bonchev–Trinajstić information content (AvgIpc) is 3.57. The summed E-state index contributed by atoms with van der Waals surface area (Å²) >= 11 is 1.23. The Morgan fingerprint density at radius 1 is 0.927 bits per heavy atom. The predicted molar refractivity (Wildman–Crippen MR) is 159 cm³/mol. The van der Waals surface area contributed by atoms with Crippen LogP contribution in [0.3, 0.4) is 0 Å². The van der Waals surface area contributed by atoms with E-state index in [-0.39, 0.29) is 29.0 Å². The monoisotopic (exact) mass is 562 g/mol. The van der Waals surface area contributed by atoms with Crippen molar-refractivity contribution in [3.63, 3.8) is 0 Å². The first-order valence-electron chi connectivity index (χ1n) is 12.9. The normalized spacial score (nSPS) is 10.7. The summed E-state index contributed by atoms with van der Waals surface area (Å²) in [7, 11) is 0. The molecule has 0 bridgehead atoms. The van der Waals surface area contributed by atoms with Crippen molar-refractivity contribution in [3.05, 3.63) is 90.5 Å². The number of carbonyl (C=O) groups excluding carboxylic acids is 2. The van der Waals surface area contributed by atoms with Gasteiger partial charge in [0.05, 0.1) is 5.75 Å². The van der Waals surface area contributed by atoms with E-state index in [1.54, 1.807) is 6.07 Å². The lowest BCUT2D eigenvalue weighted by molar-refractivity contribution is -0.114. The largest absolute Gasteiger partial charge is 0.438 e. The molecule has 0 saturated carbocycles. The maximum Gasteiger partial charge on any atom is 0.237 e. The lowest BCUT2D eigenvalue weighted by Gasteiger charge is -2.09. The Morgan fingerprint density at radius 2 is 1.61 bits per heavy atom. The quantitative estimate of drug-likeness (QED) is 0.198. The summed E-state index contributed by atoms with van der Waals surface area (Å²) in [5.74, 6) is 0.747. The Bertz CT molecular complexity index is 1740. The second-order valence-electron chi connectivity index (χ2n) is 9.00. The summed E-state index contributed by atoms with van der Waals surface area (Å²) in [5, 5.41) is 24.8. The number of aromatic nitrogens is 3. The van der Waals surface area contributed by atoms with E-state index in [4.69, 9.17) is 4.42 Å². The smallest absolute Gasteiger partial charge is 0.237 e. The molecule has 10 heteroatoms. The molecule has 0 atom stereocenters. The van der Waals surface area contributed by atoms with Crippen LogP contribution < -0.4 is 10.6 Å². The van der Waals surface area contributed by atoms with Gasteiger partial charge in [-0.25, -0.2) is 0 Å². The van der Waals surface area contributed by atoms with Crippen LogP contribution >= 0.6 is 11.8 Å². The van der Waals surface area contributed by atoms with Crippen LogP contribution in [-0.2, 0) is 16.1 Å². The van der Waals surface area contributed by atoms with Crippen LogP contribution in [0.25, 0.3) is 33.8 Å². The number of benzene rings is 3. The van der Waals surface area contributed by atoms with Gasteiger partial charge in [-0.15, -0.1) is 10.2 Å². The first kappa shape index (κ1) is 27.4. The van der Waals surface area contributed by atoms with Crippen LogP contribution in [0.5, 0.6) is 0 Å². The second-order valence-corrected chi connectivity index (χ2v) is 9.95. The number of furan rings is 1. The zero-order valence-corrected chi connectivity index (χ0v) is 23.2. The molecule has 2 heterocycles. The molecule has 2 aromatic heterocycles. The van der Waals surface area contributed by atoms with Crippen molar-refractivity contribution >= 4 is 35.1 Å². The van der Waals surface area contributed by atoms with Crippen molar-refractivity contribution in [2.45, 2.75) is 25.5 Å². The van der Waals surface area contributed by atoms with Gasteiger partial charge in [0.15, 0.2) is 11.0 Å². The predicted octanol–water partition coefficient (Wildman–Crippen LogP) is 6.45. The van der Waals surface area contributed by atoms with Gasteiger partial charge in [-0.3, -0.25) is 14.9 Å². The number of rotatable bonds is 9. The summed E-state index contributed by atoms with van der Waals surface area (Å²) in [5.41, 5.74) is 3.94. The molecule has 0 fully saturated rings. The van der Waals surface area contributed by atoms with Crippen molar-refractivity contribution in [3.8, 4) is 39.9 Å². The van der Waals surface area contributed by atoms with Crippen LogP contribution in [0, 0.1) is 11.3 Å². The highest BCUT2D eigenvalue weighted by atomic mass is 32.2. The molecule has 3 aromatic carbocycles. The van der Waals surface area contributed by atoms with Crippen molar-refractivity contribution < 1.29 is 14.0 Å². The number of carbonyl (C=O) groups is 2. The summed E-state index contributed by atoms with van der Waals surface area (Å²) in [6.45, 7) is 4.00. The highest BCUT2D eigenvalue weighted by Gasteiger charge is 2.24. The van der Waals surface area contributed by atoms with Crippen molar-refractivity contribution in [2.24, 2.45) is 0 Å². The number of hydrogen-bond acceptors (Lipinski definition) is 7. The van der Waals surface area contributed by atoms with E-state index in [2.05, 4.69) is 26.9 Å². The van der Waals surface area contributed by atoms with Gasteiger partial charge in [0.25, 0.3) is 0 Å². The molecule has 0 radical (unpaired) electrons. The molecule has 2 amide bonds. The lowest BCUT2D eigenvalue weighted by atomic mass is 9.98. The van der Waals surface area contributed by atoms with Gasteiger partial charge in [0.1, 0.15) is 17.4 Å². The third-order valence-corrected chi connectivity index (χ3v) is 7.14. The fourth-order valence-electron chi connectivity index (χ4n) is 4.43. The number of nitrogens with one attached hydrogen (secondary N) is 2. The fourth-order valence-corrected chi connectivity index (χ4v) is 5.23. The lowest BCUT2D eigenvalue weighted by Crippen LogP contribution is -2.15. The molecule has 0 aliphatic rings. The van der Waals surface area contributed by atoms with Crippen LogP contribution in [0.1, 0.15) is 19.4 Å². The van der Waals surface area contributed by atoms with Crippen molar-refractivity contribution in [1.82, 2.24) is 14.8 Å².